The maximum atomic E-state index is 6.05. The second-order valence-corrected chi connectivity index (χ2v) is 10.7. The molecule has 0 fully saturated rings. The van der Waals surface area contributed by atoms with Gasteiger partial charge in [0.25, 0.3) is 0 Å². The zero-order valence-electron chi connectivity index (χ0n) is 18.6. The van der Waals surface area contributed by atoms with Gasteiger partial charge < -0.3 is 3.79 Å². The Balaban J connectivity index is 4.04. The number of hydrogen-bond donors (Lipinski definition) is 0. The SMILES string of the molecule is Cc1c(CC(C)C)c(C(C)(C)C)c([O][Al])c(C(C)(C)C)c1CC(C)C. The highest BCUT2D eigenvalue weighted by Crippen LogP contribution is 2.46. The molecule has 0 bridgehead atoms. The fourth-order valence-electron chi connectivity index (χ4n) is 3.99. The van der Waals surface area contributed by atoms with E-state index >= 15 is 0 Å². The lowest BCUT2D eigenvalue weighted by molar-refractivity contribution is 0.483. The summed E-state index contributed by atoms with van der Waals surface area (Å²) in [6, 6.07) is 0. The highest BCUT2D eigenvalue weighted by Gasteiger charge is 2.33. The number of benzene rings is 1. The van der Waals surface area contributed by atoms with Crippen LogP contribution in [0.1, 0.15) is 97.1 Å². The molecular formula is C23H39AlO. The third-order valence-corrected chi connectivity index (χ3v) is 5.04. The van der Waals surface area contributed by atoms with E-state index in [0.29, 0.717) is 11.8 Å². The van der Waals surface area contributed by atoms with E-state index in [0.717, 1.165) is 18.6 Å². The second kappa shape index (κ2) is 8.06. The summed E-state index contributed by atoms with van der Waals surface area (Å²) in [5.41, 5.74) is 7.39. The normalized spacial score (nSPS) is 13.0. The summed E-state index contributed by atoms with van der Waals surface area (Å²) in [5.74, 6) is 2.36. The second-order valence-electron chi connectivity index (χ2n) is 10.5. The van der Waals surface area contributed by atoms with Gasteiger partial charge in [-0.25, -0.2) is 0 Å². The van der Waals surface area contributed by atoms with E-state index in [1.807, 2.05) is 0 Å². The lowest BCUT2D eigenvalue weighted by Gasteiger charge is -2.37. The predicted molar refractivity (Wildman–Crippen MR) is 112 cm³/mol. The van der Waals surface area contributed by atoms with Crippen molar-refractivity contribution in [3.8, 4) is 5.75 Å². The van der Waals surface area contributed by atoms with Gasteiger partial charge in [-0.05, 0) is 70.2 Å². The van der Waals surface area contributed by atoms with Crippen LogP contribution in [0.2, 0.25) is 0 Å². The Morgan fingerprint density at radius 3 is 1.28 bits per heavy atom. The van der Waals surface area contributed by atoms with Gasteiger partial charge in [0.1, 0.15) is 0 Å². The molecule has 0 unspecified atom stereocenters. The first kappa shape index (κ1) is 22.6. The Hall–Kier alpha value is -0.448. The summed E-state index contributed by atoms with van der Waals surface area (Å²) >= 11 is 2.53. The molecule has 1 aromatic carbocycles. The van der Waals surface area contributed by atoms with Crippen LogP contribution in [0.3, 0.4) is 0 Å². The maximum Gasteiger partial charge on any atom is 0.482 e. The molecule has 0 aliphatic carbocycles. The van der Waals surface area contributed by atoms with Gasteiger partial charge in [0.05, 0.1) is 5.75 Å². The molecule has 0 saturated carbocycles. The van der Waals surface area contributed by atoms with Gasteiger partial charge in [0.2, 0.25) is 0 Å². The van der Waals surface area contributed by atoms with E-state index in [1.54, 1.807) is 0 Å². The van der Waals surface area contributed by atoms with Crippen molar-refractivity contribution in [2.75, 3.05) is 0 Å². The summed E-state index contributed by atoms with van der Waals surface area (Å²) < 4.78 is 6.05. The largest absolute Gasteiger partial charge is 0.653 e. The smallest absolute Gasteiger partial charge is 0.482 e. The molecule has 0 aliphatic heterocycles. The summed E-state index contributed by atoms with van der Waals surface area (Å²) in [5, 5.41) is 0. The zero-order chi connectivity index (χ0) is 19.7. The Kier molecular flexibility index (Phi) is 7.28. The molecule has 140 valence electrons. The molecule has 0 atom stereocenters. The van der Waals surface area contributed by atoms with Crippen LogP contribution in [-0.4, -0.2) is 16.6 Å². The van der Waals surface area contributed by atoms with E-state index in [-0.39, 0.29) is 10.8 Å². The fourth-order valence-corrected chi connectivity index (χ4v) is 4.22. The fraction of sp³-hybridized carbons (Fsp3) is 0.739. The van der Waals surface area contributed by atoms with E-state index in [4.69, 9.17) is 3.79 Å². The molecule has 0 amide bonds. The van der Waals surface area contributed by atoms with E-state index in [1.165, 1.54) is 27.8 Å². The average molecular weight is 359 g/mol. The third-order valence-electron chi connectivity index (χ3n) is 4.81. The van der Waals surface area contributed by atoms with Crippen molar-refractivity contribution in [1.29, 1.82) is 0 Å². The van der Waals surface area contributed by atoms with Crippen LogP contribution in [-0.2, 0) is 23.7 Å². The van der Waals surface area contributed by atoms with Crippen LogP contribution in [0.4, 0.5) is 0 Å². The lowest BCUT2D eigenvalue weighted by atomic mass is 9.71. The molecule has 1 rings (SSSR count). The van der Waals surface area contributed by atoms with Crippen LogP contribution in [0, 0.1) is 18.8 Å². The van der Waals surface area contributed by atoms with E-state index in [2.05, 4.69) is 92.8 Å². The first-order chi connectivity index (χ1) is 11.2. The molecule has 0 heterocycles. The topological polar surface area (TPSA) is 9.23 Å². The van der Waals surface area contributed by atoms with Gasteiger partial charge >= 0.3 is 16.6 Å². The van der Waals surface area contributed by atoms with Crippen molar-refractivity contribution in [2.24, 2.45) is 11.8 Å². The van der Waals surface area contributed by atoms with Crippen molar-refractivity contribution in [2.45, 2.75) is 99.8 Å². The highest BCUT2D eigenvalue weighted by molar-refractivity contribution is 6.00. The Bertz CT molecular complexity index is 549. The quantitative estimate of drug-likeness (QED) is 0.550. The molecule has 1 aromatic rings. The molecule has 0 aliphatic rings. The molecule has 0 N–H and O–H groups in total. The Morgan fingerprint density at radius 1 is 0.760 bits per heavy atom. The van der Waals surface area contributed by atoms with Gasteiger partial charge in [-0.15, -0.1) is 0 Å². The molecule has 1 nitrogen and oxygen atoms in total. The summed E-state index contributed by atoms with van der Waals surface area (Å²) in [6.07, 6.45) is 2.21. The minimum absolute atomic E-state index is 0.0528. The third kappa shape index (κ3) is 5.27. The molecule has 25 heavy (non-hydrogen) atoms. The predicted octanol–water partition coefficient (Wildman–Crippen LogP) is 6.45. The molecule has 2 heteroatoms. The van der Waals surface area contributed by atoms with E-state index < -0.39 is 0 Å². The summed E-state index contributed by atoms with van der Waals surface area (Å²) in [6.45, 7) is 25.5. The molecule has 0 saturated heterocycles. The Morgan fingerprint density at radius 2 is 1.08 bits per heavy atom. The first-order valence-corrected chi connectivity index (χ1v) is 10.2. The van der Waals surface area contributed by atoms with Crippen molar-refractivity contribution in [3.05, 3.63) is 27.8 Å². The number of rotatable bonds is 5. The molecule has 0 aromatic heterocycles. The van der Waals surface area contributed by atoms with Gasteiger partial charge in [0, 0.05) is 0 Å². The molecule has 2 radical (unpaired) electrons. The highest BCUT2D eigenvalue weighted by atomic mass is 27.1. The number of hydrogen-bond acceptors (Lipinski definition) is 1. The minimum Gasteiger partial charge on any atom is -0.653 e. The van der Waals surface area contributed by atoms with Crippen LogP contribution < -0.4 is 3.79 Å². The minimum atomic E-state index is 0.0528. The first-order valence-electron chi connectivity index (χ1n) is 9.77. The van der Waals surface area contributed by atoms with Crippen LogP contribution in [0.15, 0.2) is 0 Å². The van der Waals surface area contributed by atoms with Gasteiger partial charge in [-0.3, -0.25) is 0 Å². The molecular weight excluding hydrogens is 319 g/mol. The Labute approximate surface area is 165 Å². The van der Waals surface area contributed by atoms with Crippen molar-refractivity contribution in [3.63, 3.8) is 0 Å². The summed E-state index contributed by atoms with van der Waals surface area (Å²) in [7, 11) is 0. The molecule has 0 spiro atoms. The maximum absolute atomic E-state index is 6.05. The van der Waals surface area contributed by atoms with E-state index in [9.17, 15) is 0 Å². The van der Waals surface area contributed by atoms with Crippen LogP contribution >= 0.6 is 0 Å². The van der Waals surface area contributed by atoms with Gasteiger partial charge in [0.15, 0.2) is 0 Å². The van der Waals surface area contributed by atoms with Gasteiger partial charge in [-0.2, -0.15) is 0 Å². The van der Waals surface area contributed by atoms with Crippen LogP contribution in [0.25, 0.3) is 0 Å². The van der Waals surface area contributed by atoms with Crippen molar-refractivity contribution < 1.29 is 3.79 Å². The lowest BCUT2D eigenvalue weighted by Crippen LogP contribution is -2.25. The van der Waals surface area contributed by atoms with Crippen LogP contribution in [0.5, 0.6) is 5.75 Å². The summed E-state index contributed by atoms with van der Waals surface area (Å²) in [4.78, 5) is 0. The standard InChI is InChI=1S/C23H40O.Al/c1-14(2)12-17-16(5)18(13-15(3)4)20(23(9,10)11)21(24)19(17)22(6,7)8;/h14-15,24H,12-13H2,1-11H3;/q;+1/p-1. The van der Waals surface area contributed by atoms with Gasteiger partial charge in [-0.1, -0.05) is 69.2 Å². The monoisotopic (exact) mass is 358 g/mol. The zero-order valence-corrected chi connectivity index (χ0v) is 19.7. The van der Waals surface area contributed by atoms with Crippen molar-refractivity contribution in [1.82, 2.24) is 0 Å². The average Bonchev–Trinajstić information content (AvgIpc) is 2.38. The van der Waals surface area contributed by atoms with Crippen molar-refractivity contribution >= 4 is 16.6 Å².